The number of halogens is 2. The molecule has 0 bridgehead atoms. The van der Waals surface area contributed by atoms with Crippen LogP contribution in [0.15, 0.2) is 12.5 Å². The second kappa shape index (κ2) is 4.70. The normalized spacial score (nSPS) is 14.8. The summed E-state index contributed by atoms with van der Waals surface area (Å²) in [6.45, 7) is 0.608. The van der Waals surface area contributed by atoms with Gasteiger partial charge < -0.3 is 10.3 Å². The van der Waals surface area contributed by atoms with E-state index in [4.69, 9.17) is 5.73 Å². The molecule has 1 aromatic rings. The molecule has 2 rings (SSSR count). The Kier molecular flexibility index (Phi) is 4.60. The molecular weight excluding hydrogens is 197 g/mol. The van der Waals surface area contributed by atoms with Crippen molar-refractivity contribution in [3.05, 3.63) is 18.2 Å². The molecule has 0 unspecified atom stereocenters. The summed E-state index contributed by atoms with van der Waals surface area (Å²) < 4.78 is 2.18. The zero-order valence-corrected chi connectivity index (χ0v) is 8.27. The first-order valence-electron chi connectivity index (χ1n) is 3.62. The third-order valence-electron chi connectivity index (χ3n) is 1.90. The van der Waals surface area contributed by atoms with Crippen LogP contribution in [0.1, 0.15) is 24.6 Å². The van der Waals surface area contributed by atoms with Gasteiger partial charge in [-0.1, -0.05) is 0 Å². The van der Waals surface area contributed by atoms with Gasteiger partial charge in [-0.2, -0.15) is 0 Å². The third kappa shape index (κ3) is 2.12. The second-order valence-electron chi connectivity index (χ2n) is 2.73. The molecule has 0 aliphatic heterocycles. The topological polar surface area (TPSA) is 43.8 Å². The highest BCUT2D eigenvalue weighted by atomic mass is 35.5. The fraction of sp³-hybridized carbons (Fsp3) is 0.571. The molecular formula is C7H13Cl2N3. The summed E-state index contributed by atoms with van der Waals surface area (Å²) in [6.07, 6.45) is 6.31. The van der Waals surface area contributed by atoms with E-state index in [0.29, 0.717) is 12.6 Å². The lowest BCUT2D eigenvalue weighted by atomic mass is 10.4. The molecule has 1 aliphatic carbocycles. The Balaban J connectivity index is 0.000000605. The average Bonchev–Trinajstić information content (AvgIpc) is 2.69. The molecule has 0 aromatic carbocycles. The van der Waals surface area contributed by atoms with Gasteiger partial charge in [-0.3, -0.25) is 0 Å². The minimum absolute atomic E-state index is 0. The number of nitrogens with two attached hydrogens (primary N) is 1. The molecule has 0 radical (unpaired) electrons. The van der Waals surface area contributed by atoms with Crippen LogP contribution >= 0.6 is 24.8 Å². The van der Waals surface area contributed by atoms with Crippen molar-refractivity contribution in [2.45, 2.75) is 25.4 Å². The van der Waals surface area contributed by atoms with Gasteiger partial charge >= 0.3 is 0 Å². The first-order chi connectivity index (χ1) is 4.92. The van der Waals surface area contributed by atoms with Crippen molar-refractivity contribution in [2.24, 2.45) is 5.73 Å². The molecule has 0 saturated heterocycles. The van der Waals surface area contributed by atoms with Gasteiger partial charge in [-0.05, 0) is 12.8 Å². The largest absolute Gasteiger partial charge is 0.330 e. The van der Waals surface area contributed by atoms with E-state index in [-0.39, 0.29) is 24.8 Å². The maximum Gasteiger partial charge on any atom is 0.0951 e. The van der Waals surface area contributed by atoms with E-state index in [9.17, 15) is 0 Å². The lowest BCUT2D eigenvalue weighted by Crippen LogP contribution is -2.04. The monoisotopic (exact) mass is 209 g/mol. The summed E-state index contributed by atoms with van der Waals surface area (Å²) in [6, 6.07) is 0.709. The van der Waals surface area contributed by atoms with E-state index in [1.54, 1.807) is 0 Å². The number of imidazole rings is 1. The van der Waals surface area contributed by atoms with E-state index in [1.165, 1.54) is 12.8 Å². The quantitative estimate of drug-likeness (QED) is 0.804. The number of rotatable bonds is 2. The van der Waals surface area contributed by atoms with Crippen LogP contribution in [-0.4, -0.2) is 9.55 Å². The van der Waals surface area contributed by atoms with E-state index < -0.39 is 0 Å². The van der Waals surface area contributed by atoms with Gasteiger partial charge in [-0.15, -0.1) is 24.8 Å². The molecule has 1 heterocycles. The fourth-order valence-corrected chi connectivity index (χ4v) is 1.17. The highest BCUT2D eigenvalue weighted by Crippen LogP contribution is 2.35. The van der Waals surface area contributed by atoms with Crippen LogP contribution in [0, 0.1) is 0 Å². The Labute approximate surface area is 84.2 Å². The van der Waals surface area contributed by atoms with Gasteiger partial charge in [0, 0.05) is 18.8 Å². The molecule has 1 aromatic heterocycles. The van der Waals surface area contributed by atoms with Crippen LogP contribution in [-0.2, 0) is 6.54 Å². The van der Waals surface area contributed by atoms with Gasteiger partial charge in [0.15, 0.2) is 0 Å². The first-order valence-corrected chi connectivity index (χ1v) is 3.62. The molecule has 1 saturated carbocycles. The molecule has 1 fully saturated rings. The van der Waals surface area contributed by atoms with Crippen LogP contribution in [0.5, 0.6) is 0 Å². The van der Waals surface area contributed by atoms with E-state index in [2.05, 4.69) is 9.55 Å². The van der Waals surface area contributed by atoms with E-state index in [1.807, 2.05) is 12.5 Å². The SMILES string of the molecule is Cl.Cl.NCc1cncn1C1CC1. The highest BCUT2D eigenvalue weighted by molar-refractivity contribution is 5.85. The fourth-order valence-electron chi connectivity index (χ4n) is 1.17. The molecule has 0 atom stereocenters. The smallest absolute Gasteiger partial charge is 0.0951 e. The van der Waals surface area contributed by atoms with E-state index in [0.717, 1.165) is 5.69 Å². The predicted molar refractivity (Wildman–Crippen MR) is 52.9 cm³/mol. The Morgan fingerprint density at radius 2 is 2.17 bits per heavy atom. The summed E-state index contributed by atoms with van der Waals surface area (Å²) in [5.41, 5.74) is 6.65. The number of nitrogens with zero attached hydrogens (tertiary/aromatic N) is 2. The lowest BCUT2D eigenvalue weighted by Gasteiger charge is -2.01. The number of aromatic nitrogens is 2. The Morgan fingerprint density at radius 3 is 2.67 bits per heavy atom. The van der Waals surface area contributed by atoms with Crippen LogP contribution in [0.2, 0.25) is 0 Å². The number of hydrogen-bond donors (Lipinski definition) is 1. The zero-order chi connectivity index (χ0) is 6.97. The molecule has 1 aliphatic rings. The van der Waals surface area contributed by atoms with Crippen LogP contribution < -0.4 is 5.73 Å². The summed E-state index contributed by atoms with van der Waals surface area (Å²) in [4.78, 5) is 4.04. The highest BCUT2D eigenvalue weighted by Gasteiger charge is 2.24. The minimum Gasteiger partial charge on any atom is -0.330 e. The van der Waals surface area contributed by atoms with Gasteiger partial charge in [0.05, 0.1) is 12.0 Å². The van der Waals surface area contributed by atoms with Crippen molar-refractivity contribution in [3.8, 4) is 0 Å². The maximum atomic E-state index is 5.50. The van der Waals surface area contributed by atoms with Crippen molar-refractivity contribution in [1.82, 2.24) is 9.55 Å². The summed E-state index contributed by atoms with van der Waals surface area (Å²) >= 11 is 0. The van der Waals surface area contributed by atoms with Crippen molar-refractivity contribution in [2.75, 3.05) is 0 Å². The maximum absolute atomic E-state index is 5.50. The van der Waals surface area contributed by atoms with Gasteiger partial charge in [0.25, 0.3) is 0 Å². The van der Waals surface area contributed by atoms with Crippen molar-refractivity contribution in [1.29, 1.82) is 0 Å². The standard InChI is InChI=1S/C7H11N3.2ClH/c8-3-7-4-9-5-10(7)6-1-2-6;;/h4-6H,1-3,8H2;2*1H. The van der Waals surface area contributed by atoms with Crippen molar-refractivity contribution < 1.29 is 0 Å². The summed E-state index contributed by atoms with van der Waals surface area (Å²) in [5.74, 6) is 0. The van der Waals surface area contributed by atoms with Crippen LogP contribution in [0.4, 0.5) is 0 Å². The summed E-state index contributed by atoms with van der Waals surface area (Å²) in [7, 11) is 0. The Hall–Kier alpha value is -0.250. The predicted octanol–water partition coefficient (Wildman–Crippen LogP) is 1.52. The molecule has 12 heavy (non-hydrogen) atoms. The average molecular weight is 210 g/mol. The van der Waals surface area contributed by atoms with Crippen LogP contribution in [0.3, 0.4) is 0 Å². The second-order valence-corrected chi connectivity index (χ2v) is 2.73. The lowest BCUT2D eigenvalue weighted by molar-refractivity contribution is 0.694. The van der Waals surface area contributed by atoms with E-state index >= 15 is 0 Å². The zero-order valence-electron chi connectivity index (χ0n) is 6.64. The first kappa shape index (κ1) is 11.8. The number of hydrogen-bond acceptors (Lipinski definition) is 2. The third-order valence-corrected chi connectivity index (χ3v) is 1.90. The van der Waals surface area contributed by atoms with Crippen molar-refractivity contribution >= 4 is 24.8 Å². The molecule has 3 nitrogen and oxygen atoms in total. The Bertz CT molecular complexity index is 232. The molecule has 0 spiro atoms. The van der Waals surface area contributed by atoms with Gasteiger partial charge in [-0.25, -0.2) is 4.98 Å². The molecule has 5 heteroatoms. The van der Waals surface area contributed by atoms with Crippen molar-refractivity contribution in [3.63, 3.8) is 0 Å². The van der Waals surface area contributed by atoms with Gasteiger partial charge in [0.1, 0.15) is 0 Å². The Morgan fingerprint density at radius 1 is 1.50 bits per heavy atom. The molecule has 0 amide bonds. The van der Waals surface area contributed by atoms with Gasteiger partial charge in [0.2, 0.25) is 0 Å². The van der Waals surface area contributed by atoms with Crippen LogP contribution in [0.25, 0.3) is 0 Å². The minimum atomic E-state index is 0. The summed E-state index contributed by atoms with van der Waals surface area (Å²) in [5, 5.41) is 0. The molecule has 2 N–H and O–H groups in total. The molecule has 70 valence electrons.